The molecule has 2 rings (SSSR count). The summed E-state index contributed by atoms with van der Waals surface area (Å²) in [7, 11) is 0. The van der Waals surface area contributed by atoms with Crippen molar-refractivity contribution in [3.8, 4) is 11.1 Å². The minimum absolute atomic E-state index is 0.122. The molecule has 2 amide bonds. The first kappa shape index (κ1) is 16.0. The van der Waals surface area contributed by atoms with Crippen LogP contribution in [0.5, 0.6) is 0 Å². The Morgan fingerprint density at radius 1 is 0.955 bits per heavy atom. The fraction of sp³-hybridized carbons (Fsp3) is 0.176. The van der Waals surface area contributed by atoms with Crippen molar-refractivity contribution in [3.63, 3.8) is 0 Å². The molecule has 0 aromatic heterocycles. The highest BCUT2D eigenvalue weighted by Gasteiger charge is 2.09. The summed E-state index contributed by atoms with van der Waals surface area (Å²) < 4.78 is 0. The maximum absolute atomic E-state index is 12.1. The van der Waals surface area contributed by atoms with Gasteiger partial charge >= 0.3 is 0 Å². The number of hydrogen-bond acceptors (Lipinski definition) is 2. The maximum Gasteiger partial charge on any atom is 0.251 e. The standard InChI is InChI=1S/C17H17ClN2O2/c1-12(21)19-7-8-20-17(22)15-9-14(10-16(18)11-15)13-5-3-2-4-6-13/h2-6,9-11H,7-8H2,1H3,(H,19,21)(H,20,22). The van der Waals surface area contributed by atoms with Gasteiger partial charge in [-0.3, -0.25) is 9.59 Å². The van der Waals surface area contributed by atoms with E-state index in [0.29, 0.717) is 23.7 Å². The van der Waals surface area contributed by atoms with Gasteiger partial charge in [0.25, 0.3) is 5.91 Å². The molecule has 0 saturated heterocycles. The highest BCUT2D eigenvalue weighted by atomic mass is 35.5. The summed E-state index contributed by atoms with van der Waals surface area (Å²) in [5.74, 6) is -0.339. The molecule has 0 aliphatic carbocycles. The Bertz CT molecular complexity index is 672. The van der Waals surface area contributed by atoms with E-state index in [4.69, 9.17) is 11.6 Å². The summed E-state index contributed by atoms with van der Waals surface area (Å²) in [5.41, 5.74) is 2.38. The molecular formula is C17H17ClN2O2. The fourth-order valence-corrected chi connectivity index (χ4v) is 2.27. The van der Waals surface area contributed by atoms with Crippen LogP contribution in [0.25, 0.3) is 11.1 Å². The predicted octanol–water partition coefficient (Wildman–Crippen LogP) is 2.87. The number of carbonyl (C=O) groups is 2. The predicted molar refractivity (Wildman–Crippen MR) is 87.9 cm³/mol. The molecule has 4 nitrogen and oxygen atoms in total. The summed E-state index contributed by atoms with van der Waals surface area (Å²) in [6.07, 6.45) is 0. The molecule has 0 aliphatic rings. The van der Waals surface area contributed by atoms with Gasteiger partial charge in [-0.1, -0.05) is 41.9 Å². The van der Waals surface area contributed by atoms with E-state index in [1.165, 1.54) is 6.92 Å². The molecule has 0 fully saturated rings. The van der Waals surface area contributed by atoms with Crippen LogP contribution in [-0.4, -0.2) is 24.9 Å². The number of halogens is 1. The van der Waals surface area contributed by atoms with Crippen molar-refractivity contribution in [1.29, 1.82) is 0 Å². The zero-order chi connectivity index (χ0) is 15.9. The van der Waals surface area contributed by atoms with Gasteiger partial charge in [-0.25, -0.2) is 0 Å². The van der Waals surface area contributed by atoms with E-state index in [1.54, 1.807) is 12.1 Å². The quantitative estimate of drug-likeness (QED) is 0.833. The van der Waals surface area contributed by atoms with Crippen LogP contribution in [0.3, 0.4) is 0 Å². The number of carbonyl (C=O) groups excluding carboxylic acids is 2. The molecule has 22 heavy (non-hydrogen) atoms. The molecule has 2 N–H and O–H groups in total. The molecule has 2 aromatic carbocycles. The second-order valence-electron chi connectivity index (χ2n) is 4.83. The van der Waals surface area contributed by atoms with Gasteiger partial charge in [0.15, 0.2) is 0 Å². The third-order valence-electron chi connectivity index (χ3n) is 3.05. The molecule has 114 valence electrons. The van der Waals surface area contributed by atoms with Gasteiger partial charge in [0, 0.05) is 30.6 Å². The smallest absolute Gasteiger partial charge is 0.251 e. The number of amides is 2. The molecule has 0 radical (unpaired) electrons. The highest BCUT2D eigenvalue weighted by molar-refractivity contribution is 6.31. The summed E-state index contributed by atoms with van der Waals surface area (Å²) in [6.45, 7) is 2.20. The minimum Gasteiger partial charge on any atom is -0.355 e. The van der Waals surface area contributed by atoms with E-state index in [2.05, 4.69) is 10.6 Å². The van der Waals surface area contributed by atoms with Crippen LogP contribution in [0, 0.1) is 0 Å². The van der Waals surface area contributed by atoms with Crippen molar-refractivity contribution in [3.05, 3.63) is 59.1 Å². The molecule has 0 unspecified atom stereocenters. The lowest BCUT2D eigenvalue weighted by molar-refractivity contribution is -0.118. The van der Waals surface area contributed by atoms with Gasteiger partial charge in [-0.15, -0.1) is 0 Å². The minimum atomic E-state index is -0.218. The van der Waals surface area contributed by atoms with Crippen LogP contribution < -0.4 is 10.6 Å². The molecule has 0 bridgehead atoms. The zero-order valence-corrected chi connectivity index (χ0v) is 13.0. The van der Waals surface area contributed by atoms with Crippen molar-refractivity contribution in [2.75, 3.05) is 13.1 Å². The lowest BCUT2D eigenvalue weighted by Crippen LogP contribution is -2.33. The van der Waals surface area contributed by atoms with Crippen LogP contribution in [0.1, 0.15) is 17.3 Å². The van der Waals surface area contributed by atoms with Crippen LogP contribution in [-0.2, 0) is 4.79 Å². The first-order chi connectivity index (χ1) is 10.6. The number of hydrogen-bond donors (Lipinski definition) is 2. The lowest BCUT2D eigenvalue weighted by Gasteiger charge is -2.09. The van der Waals surface area contributed by atoms with Gasteiger partial charge < -0.3 is 10.6 Å². The van der Waals surface area contributed by atoms with Gasteiger partial charge in [0.2, 0.25) is 5.91 Å². The van der Waals surface area contributed by atoms with Crippen LogP contribution in [0.2, 0.25) is 5.02 Å². The Morgan fingerprint density at radius 3 is 2.32 bits per heavy atom. The van der Waals surface area contributed by atoms with Crippen molar-refractivity contribution in [2.45, 2.75) is 6.92 Å². The van der Waals surface area contributed by atoms with Crippen LogP contribution in [0.15, 0.2) is 48.5 Å². The molecule has 0 aliphatic heterocycles. The van der Waals surface area contributed by atoms with E-state index >= 15 is 0 Å². The summed E-state index contributed by atoms with van der Waals surface area (Å²) in [6, 6.07) is 15.0. The molecule has 0 atom stereocenters. The Kier molecular flexibility index (Phi) is 5.55. The lowest BCUT2D eigenvalue weighted by atomic mass is 10.0. The fourth-order valence-electron chi connectivity index (χ4n) is 2.03. The number of benzene rings is 2. The van der Waals surface area contributed by atoms with Gasteiger partial charge in [0.1, 0.15) is 0 Å². The first-order valence-electron chi connectivity index (χ1n) is 6.95. The Labute approximate surface area is 134 Å². The zero-order valence-electron chi connectivity index (χ0n) is 12.2. The van der Waals surface area contributed by atoms with Crippen molar-refractivity contribution >= 4 is 23.4 Å². The van der Waals surface area contributed by atoms with E-state index < -0.39 is 0 Å². The third kappa shape index (κ3) is 4.60. The van der Waals surface area contributed by atoms with Gasteiger partial charge in [-0.05, 0) is 29.3 Å². The number of nitrogens with one attached hydrogen (secondary N) is 2. The van der Waals surface area contributed by atoms with E-state index in [0.717, 1.165) is 11.1 Å². The van der Waals surface area contributed by atoms with Crippen molar-refractivity contribution in [1.82, 2.24) is 10.6 Å². The summed E-state index contributed by atoms with van der Waals surface area (Å²) in [4.78, 5) is 22.9. The largest absolute Gasteiger partial charge is 0.355 e. The number of rotatable bonds is 5. The third-order valence-corrected chi connectivity index (χ3v) is 3.27. The van der Waals surface area contributed by atoms with Gasteiger partial charge in [-0.2, -0.15) is 0 Å². The summed E-state index contributed by atoms with van der Waals surface area (Å²) >= 11 is 6.11. The van der Waals surface area contributed by atoms with Crippen LogP contribution in [0.4, 0.5) is 0 Å². The molecule has 0 saturated carbocycles. The second-order valence-corrected chi connectivity index (χ2v) is 5.27. The van der Waals surface area contributed by atoms with E-state index in [-0.39, 0.29) is 11.8 Å². The highest BCUT2D eigenvalue weighted by Crippen LogP contribution is 2.24. The topological polar surface area (TPSA) is 58.2 Å². The monoisotopic (exact) mass is 316 g/mol. The van der Waals surface area contributed by atoms with Gasteiger partial charge in [0.05, 0.1) is 0 Å². The Morgan fingerprint density at radius 2 is 1.64 bits per heavy atom. The Balaban J connectivity index is 2.09. The normalized spacial score (nSPS) is 10.1. The average Bonchev–Trinajstić information content (AvgIpc) is 2.51. The molecule has 5 heteroatoms. The van der Waals surface area contributed by atoms with Crippen molar-refractivity contribution in [2.24, 2.45) is 0 Å². The van der Waals surface area contributed by atoms with Crippen molar-refractivity contribution < 1.29 is 9.59 Å². The molecule has 0 spiro atoms. The molecule has 2 aromatic rings. The SMILES string of the molecule is CC(=O)NCCNC(=O)c1cc(Cl)cc(-c2ccccc2)c1. The van der Waals surface area contributed by atoms with E-state index in [9.17, 15) is 9.59 Å². The summed E-state index contributed by atoms with van der Waals surface area (Å²) in [5, 5.41) is 5.88. The average molecular weight is 317 g/mol. The second kappa shape index (κ2) is 7.61. The first-order valence-corrected chi connectivity index (χ1v) is 7.33. The maximum atomic E-state index is 12.1. The Hall–Kier alpha value is -2.33. The molecular weight excluding hydrogens is 300 g/mol. The van der Waals surface area contributed by atoms with Crippen LogP contribution >= 0.6 is 11.6 Å². The molecule has 0 heterocycles. The van der Waals surface area contributed by atoms with E-state index in [1.807, 2.05) is 36.4 Å².